The number of sulfonamides is 1. The Morgan fingerprint density at radius 1 is 1.25 bits per heavy atom. The molecule has 1 aromatic heterocycles. The van der Waals surface area contributed by atoms with E-state index in [1.165, 1.54) is 18.2 Å². The van der Waals surface area contributed by atoms with Gasteiger partial charge >= 0.3 is 0 Å². The Labute approximate surface area is 121 Å². The van der Waals surface area contributed by atoms with E-state index in [0.717, 1.165) is 21.8 Å². The van der Waals surface area contributed by atoms with Gasteiger partial charge < -0.3 is 5.32 Å². The summed E-state index contributed by atoms with van der Waals surface area (Å²) in [6.07, 6.45) is 0. The number of aryl methyl sites for hydroxylation is 1. The zero-order valence-corrected chi connectivity index (χ0v) is 12.7. The molecule has 4 nitrogen and oxygen atoms in total. The number of halogens is 1. The molecule has 0 aliphatic rings. The molecule has 0 amide bonds. The SMILES string of the molecule is CNCc1ccc(S(=O)(=O)Nc2ccc(C)cc2F)s1. The van der Waals surface area contributed by atoms with Crippen LogP contribution in [-0.2, 0) is 16.6 Å². The maximum atomic E-state index is 13.7. The van der Waals surface area contributed by atoms with Gasteiger partial charge in [0, 0.05) is 11.4 Å². The number of benzene rings is 1. The molecule has 0 fully saturated rings. The van der Waals surface area contributed by atoms with Crippen molar-refractivity contribution in [3.05, 3.63) is 46.6 Å². The molecule has 2 aromatic rings. The minimum absolute atomic E-state index is 0.0424. The Bertz CT molecular complexity index is 711. The van der Waals surface area contributed by atoms with Crippen LogP contribution < -0.4 is 10.0 Å². The first kappa shape index (κ1) is 15.0. The van der Waals surface area contributed by atoms with Crippen molar-refractivity contribution in [3.63, 3.8) is 0 Å². The van der Waals surface area contributed by atoms with Crippen LogP contribution in [0.15, 0.2) is 34.5 Å². The van der Waals surface area contributed by atoms with Crippen molar-refractivity contribution < 1.29 is 12.8 Å². The normalized spacial score (nSPS) is 11.6. The summed E-state index contributed by atoms with van der Waals surface area (Å²) in [6, 6.07) is 7.62. The standard InChI is InChI=1S/C13H15FN2O2S2/c1-9-3-5-12(11(14)7-9)16-20(17,18)13-6-4-10(19-13)8-15-2/h3-7,15-16H,8H2,1-2H3. The highest BCUT2D eigenvalue weighted by Gasteiger charge is 2.18. The van der Waals surface area contributed by atoms with Gasteiger partial charge in [0.05, 0.1) is 5.69 Å². The number of anilines is 1. The van der Waals surface area contributed by atoms with Gasteiger partial charge in [0.1, 0.15) is 10.0 Å². The maximum absolute atomic E-state index is 13.7. The van der Waals surface area contributed by atoms with Gasteiger partial charge in [-0.05, 0) is 43.8 Å². The molecule has 7 heteroatoms. The van der Waals surface area contributed by atoms with Crippen molar-refractivity contribution in [1.82, 2.24) is 5.32 Å². The molecule has 2 N–H and O–H groups in total. The molecule has 1 aromatic carbocycles. The second-order valence-corrected chi connectivity index (χ2v) is 7.42. The van der Waals surface area contributed by atoms with E-state index in [2.05, 4.69) is 10.0 Å². The summed E-state index contributed by atoms with van der Waals surface area (Å²) in [4.78, 5) is 0.900. The number of rotatable bonds is 5. The smallest absolute Gasteiger partial charge is 0.271 e. The van der Waals surface area contributed by atoms with Crippen LogP contribution in [0.5, 0.6) is 0 Å². The molecule has 0 atom stereocenters. The molecule has 1 heterocycles. The highest BCUT2D eigenvalue weighted by Crippen LogP contribution is 2.25. The molecule has 0 saturated heterocycles. The predicted molar refractivity (Wildman–Crippen MR) is 79.0 cm³/mol. The second-order valence-electron chi connectivity index (χ2n) is 4.34. The summed E-state index contributed by atoms with van der Waals surface area (Å²) in [5, 5.41) is 2.95. The third-order valence-corrected chi connectivity index (χ3v) is 5.56. The Hall–Kier alpha value is -1.44. The first-order chi connectivity index (χ1) is 9.42. The first-order valence-corrected chi connectivity index (χ1v) is 8.24. The predicted octanol–water partition coefficient (Wildman–Crippen LogP) is 2.72. The Kier molecular flexibility index (Phi) is 4.42. The lowest BCUT2D eigenvalue weighted by Gasteiger charge is -2.07. The minimum Gasteiger partial charge on any atom is -0.315 e. The molecular formula is C13H15FN2O2S2. The van der Waals surface area contributed by atoms with Crippen LogP contribution in [0.2, 0.25) is 0 Å². The lowest BCUT2D eigenvalue weighted by Crippen LogP contribution is -2.12. The van der Waals surface area contributed by atoms with Crippen LogP contribution in [0.1, 0.15) is 10.4 Å². The Morgan fingerprint density at radius 2 is 2.00 bits per heavy atom. The van der Waals surface area contributed by atoms with Crippen molar-refractivity contribution in [1.29, 1.82) is 0 Å². The molecule has 0 aliphatic heterocycles. The molecular weight excluding hydrogens is 299 g/mol. The highest BCUT2D eigenvalue weighted by molar-refractivity contribution is 7.94. The van der Waals surface area contributed by atoms with E-state index >= 15 is 0 Å². The van der Waals surface area contributed by atoms with Crippen LogP contribution in [0.4, 0.5) is 10.1 Å². The largest absolute Gasteiger partial charge is 0.315 e. The summed E-state index contributed by atoms with van der Waals surface area (Å²) >= 11 is 1.16. The maximum Gasteiger partial charge on any atom is 0.271 e. The third kappa shape index (κ3) is 3.36. The molecule has 0 spiro atoms. The topological polar surface area (TPSA) is 58.2 Å². The van der Waals surface area contributed by atoms with Gasteiger partial charge in [0.25, 0.3) is 10.0 Å². The van der Waals surface area contributed by atoms with Gasteiger partial charge in [-0.25, -0.2) is 12.8 Å². The van der Waals surface area contributed by atoms with E-state index in [0.29, 0.717) is 6.54 Å². The fourth-order valence-corrected chi connectivity index (χ4v) is 4.10. The van der Waals surface area contributed by atoms with Gasteiger partial charge in [0.15, 0.2) is 0 Å². The van der Waals surface area contributed by atoms with Gasteiger partial charge in [-0.2, -0.15) is 0 Å². The second kappa shape index (κ2) is 5.90. The van der Waals surface area contributed by atoms with E-state index in [-0.39, 0.29) is 9.90 Å². The van der Waals surface area contributed by atoms with Crippen LogP contribution >= 0.6 is 11.3 Å². The average molecular weight is 314 g/mol. The molecule has 0 unspecified atom stereocenters. The number of thiophene rings is 1. The average Bonchev–Trinajstić information content (AvgIpc) is 2.83. The summed E-state index contributed by atoms with van der Waals surface area (Å²) in [5.74, 6) is -0.583. The van der Waals surface area contributed by atoms with Crippen LogP contribution in [0.25, 0.3) is 0 Å². The van der Waals surface area contributed by atoms with E-state index in [4.69, 9.17) is 0 Å². The zero-order valence-electron chi connectivity index (χ0n) is 11.1. The fourth-order valence-electron chi connectivity index (χ4n) is 1.67. The first-order valence-electron chi connectivity index (χ1n) is 5.94. The molecule has 0 radical (unpaired) electrons. The third-order valence-electron chi connectivity index (χ3n) is 2.62. The van der Waals surface area contributed by atoms with Gasteiger partial charge in [-0.1, -0.05) is 6.07 Å². The van der Waals surface area contributed by atoms with Crippen LogP contribution in [0.3, 0.4) is 0 Å². The van der Waals surface area contributed by atoms with Crippen LogP contribution in [0, 0.1) is 12.7 Å². The van der Waals surface area contributed by atoms with Gasteiger partial charge in [-0.15, -0.1) is 11.3 Å². The Morgan fingerprint density at radius 3 is 2.65 bits per heavy atom. The summed E-state index contributed by atoms with van der Waals surface area (Å²) in [6.45, 7) is 2.34. The summed E-state index contributed by atoms with van der Waals surface area (Å²) < 4.78 is 40.5. The van der Waals surface area contributed by atoms with Gasteiger partial charge in [0.2, 0.25) is 0 Å². The number of nitrogens with one attached hydrogen (secondary N) is 2. The highest BCUT2D eigenvalue weighted by atomic mass is 32.2. The van der Waals surface area contributed by atoms with Crippen molar-refractivity contribution in [2.24, 2.45) is 0 Å². The minimum atomic E-state index is -3.75. The van der Waals surface area contributed by atoms with E-state index < -0.39 is 15.8 Å². The Balaban J connectivity index is 2.26. The molecule has 2 rings (SSSR count). The molecule has 0 saturated carbocycles. The molecule has 0 aliphatic carbocycles. The van der Waals surface area contributed by atoms with Crippen molar-refractivity contribution in [2.75, 3.05) is 11.8 Å². The summed E-state index contributed by atoms with van der Waals surface area (Å²) in [7, 11) is -1.96. The van der Waals surface area contributed by atoms with Crippen molar-refractivity contribution >= 4 is 27.0 Å². The lowest BCUT2D eigenvalue weighted by atomic mass is 10.2. The summed E-state index contributed by atoms with van der Waals surface area (Å²) in [5.41, 5.74) is 0.692. The number of hydrogen-bond donors (Lipinski definition) is 2. The molecule has 0 bridgehead atoms. The molecule has 108 valence electrons. The number of hydrogen-bond acceptors (Lipinski definition) is 4. The quantitative estimate of drug-likeness (QED) is 0.892. The van der Waals surface area contributed by atoms with Crippen LogP contribution in [-0.4, -0.2) is 15.5 Å². The van der Waals surface area contributed by atoms with Crippen molar-refractivity contribution in [3.8, 4) is 0 Å². The lowest BCUT2D eigenvalue weighted by molar-refractivity contribution is 0.600. The zero-order chi connectivity index (χ0) is 14.8. The molecule has 20 heavy (non-hydrogen) atoms. The fraction of sp³-hybridized carbons (Fsp3) is 0.231. The monoisotopic (exact) mass is 314 g/mol. The van der Waals surface area contributed by atoms with Gasteiger partial charge in [-0.3, -0.25) is 4.72 Å². The van der Waals surface area contributed by atoms with E-state index in [9.17, 15) is 12.8 Å². The van der Waals surface area contributed by atoms with Crippen molar-refractivity contribution in [2.45, 2.75) is 17.7 Å². The van der Waals surface area contributed by atoms with E-state index in [1.54, 1.807) is 26.1 Å². The van der Waals surface area contributed by atoms with E-state index in [1.807, 2.05) is 0 Å².